The maximum absolute atomic E-state index is 12.8. The third kappa shape index (κ3) is 2.64. The zero-order valence-electron chi connectivity index (χ0n) is 17.0. The second-order valence-corrected chi connectivity index (χ2v) is 10.1. The second-order valence-electron chi connectivity index (χ2n) is 10.1. The highest BCUT2D eigenvalue weighted by Gasteiger charge is 2.71. The Balaban J connectivity index is 0.00000193. The summed E-state index contributed by atoms with van der Waals surface area (Å²) in [6.07, 6.45) is 8.24. The molecule has 1 aliphatic heterocycles. The van der Waals surface area contributed by atoms with Crippen molar-refractivity contribution in [2.45, 2.75) is 68.7 Å². The number of nitrogens with one attached hydrogen (secondary N) is 1. The number of carbonyl (C=O) groups excluding carboxylic acids is 1. The summed E-state index contributed by atoms with van der Waals surface area (Å²) in [4.78, 5) is 14.8. The van der Waals surface area contributed by atoms with E-state index in [4.69, 9.17) is 4.42 Å². The van der Waals surface area contributed by atoms with Crippen LogP contribution in [0.2, 0.25) is 0 Å². The van der Waals surface area contributed by atoms with Gasteiger partial charge in [0.25, 0.3) is 0 Å². The topological polar surface area (TPSA) is 71.3 Å². The number of piperidine rings is 1. The van der Waals surface area contributed by atoms with E-state index >= 15 is 0 Å². The van der Waals surface area contributed by atoms with Gasteiger partial charge in [0.2, 0.25) is 11.8 Å². The molecule has 2 heterocycles. The summed E-state index contributed by atoms with van der Waals surface area (Å²) in [5.41, 5.74) is 2.35. The molecule has 4 aliphatic carbocycles. The molecule has 1 spiro atoms. The number of aromatic nitrogens is 2. The predicted octanol–water partition coefficient (Wildman–Crippen LogP) is 3.89. The lowest BCUT2D eigenvalue weighted by Gasteiger charge is -2.69. The fourth-order valence-corrected chi connectivity index (χ4v) is 6.01. The monoisotopic (exact) mass is 394 g/mol. The molecule has 29 heavy (non-hydrogen) atoms. The van der Waals surface area contributed by atoms with E-state index in [1.165, 1.54) is 18.4 Å². The molecule has 1 N–H and O–H groups in total. The van der Waals surface area contributed by atoms with E-state index < -0.39 is 0 Å². The molecule has 2 aromatic rings. The number of rotatable bonds is 5. The normalized spacial score (nSPS) is 32.2. The van der Waals surface area contributed by atoms with Gasteiger partial charge in [-0.05, 0) is 68.3 Å². The second kappa shape index (κ2) is 5.83. The van der Waals surface area contributed by atoms with Crippen LogP contribution in [0.15, 0.2) is 34.7 Å². The molecule has 1 saturated heterocycles. The van der Waals surface area contributed by atoms with E-state index in [-0.39, 0.29) is 18.8 Å². The maximum Gasteiger partial charge on any atom is 0.316 e. The summed E-state index contributed by atoms with van der Waals surface area (Å²) in [6, 6.07) is 10.8. The molecule has 7 rings (SSSR count). The molecule has 1 atom stereocenters. The largest absolute Gasteiger partial charge is 0.408 e. The van der Waals surface area contributed by atoms with Crippen molar-refractivity contribution in [2.24, 2.45) is 5.41 Å². The van der Waals surface area contributed by atoms with Crippen molar-refractivity contribution in [1.29, 1.82) is 0 Å². The maximum atomic E-state index is 12.8. The molecule has 6 heteroatoms. The fourth-order valence-electron chi connectivity index (χ4n) is 6.01. The molecule has 1 amide bonds. The quantitative estimate of drug-likeness (QED) is 0.833. The summed E-state index contributed by atoms with van der Waals surface area (Å²) < 4.78 is 5.96. The highest BCUT2D eigenvalue weighted by atomic mass is 16.4. The number of amides is 1. The highest BCUT2D eigenvalue weighted by Crippen LogP contribution is 2.73. The number of likely N-dealkylation sites (tertiary alicyclic amines) is 1. The van der Waals surface area contributed by atoms with Crippen LogP contribution in [-0.2, 0) is 15.6 Å². The first-order valence-electron chi connectivity index (χ1n) is 11.0. The van der Waals surface area contributed by atoms with Crippen LogP contribution >= 0.6 is 0 Å². The molecule has 5 fully saturated rings. The Bertz CT molecular complexity index is 925. The van der Waals surface area contributed by atoms with Crippen LogP contribution in [0.4, 0.5) is 6.01 Å². The SMILES string of the molecule is C[C@@H](Nc1nnc(C23CC(c4ccccc4)(C2)C3)o1)C(=O)N1CCC2(CC1)CC2.[HH]. The fraction of sp³-hybridized carbons (Fsp3) is 0.609. The first-order chi connectivity index (χ1) is 14.0. The third-order valence-electron chi connectivity index (χ3n) is 8.10. The van der Waals surface area contributed by atoms with E-state index in [9.17, 15) is 4.79 Å². The molecule has 154 valence electrons. The number of anilines is 1. The van der Waals surface area contributed by atoms with Crippen molar-refractivity contribution in [2.75, 3.05) is 18.4 Å². The van der Waals surface area contributed by atoms with Gasteiger partial charge in [0, 0.05) is 14.5 Å². The molecule has 5 aliphatic rings. The van der Waals surface area contributed by atoms with Gasteiger partial charge in [-0.3, -0.25) is 4.79 Å². The zero-order chi connectivity index (χ0) is 19.7. The lowest BCUT2D eigenvalue weighted by Crippen LogP contribution is -2.67. The first kappa shape index (κ1) is 17.5. The number of hydrogen-bond acceptors (Lipinski definition) is 5. The Kier molecular flexibility index (Phi) is 3.52. The Morgan fingerprint density at radius 1 is 1.07 bits per heavy atom. The van der Waals surface area contributed by atoms with Gasteiger partial charge in [-0.1, -0.05) is 35.4 Å². The summed E-state index contributed by atoms with van der Waals surface area (Å²) in [7, 11) is 0. The average molecular weight is 395 g/mol. The van der Waals surface area contributed by atoms with Gasteiger partial charge < -0.3 is 14.6 Å². The Hall–Kier alpha value is -2.37. The number of hydrogen-bond donors (Lipinski definition) is 1. The van der Waals surface area contributed by atoms with Crippen molar-refractivity contribution in [3.8, 4) is 0 Å². The summed E-state index contributed by atoms with van der Waals surface area (Å²) in [5, 5.41) is 11.7. The predicted molar refractivity (Wildman–Crippen MR) is 111 cm³/mol. The summed E-state index contributed by atoms with van der Waals surface area (Å²) in [6.45, 7) is 3.65. The Labute approximate surface area is 172 Å². The zero-order valence-corrected chi connectivity index (χ0v) is 17.0. The molecule has 4 saturated carbocycles. The van der Waals surface area contributed by atoms with Crippen LogP contribution in [0.25, 0.3) is 0 Å². The van der Waals surface area contributed by atoms with Crippen LogP contribution < -0.4 is 5.32 Å². The van der Waals surface area contributed by atoms with Gasteiger partial charge in [0.15, 0.2) is 0 Å². The van der Waals surface area contributed by atoms with Crippen LogP contribution in [-0.4, -0.2) is 40.1 Å². The molecule has 1 aromatic heterocycles. The highest BCUT2D eigenvalue weighted by molar-refractivity contribution is 5.83. The third-order valence-corrected chi connectivity index (χ3v) is 8.10. The minimum atomic E-state index is -0.347. The van der Waals surface area contributed by atoms with Crippen LogP contribution in [0.5, 0.6) is 0 Å². The number of nitrogens with zero attached hydrogens (tertiary/aromatic N) is 3. The van der Waals surface area contributed by atoms with Gasteiger partial charge in [0.1, 0.15) is 6.04 Å². The van der Waals surface area contributed by atoms with Gasteiger partial charge in [-0.2, -0.15) is 0 Å². The molecular formula is C23H30N4O2. The number of benzene rings is 1. The molecular weight excluding hydrogens is 364 g/mol. The Morgan fingerprint density at radius 3 is 2.41 bits per heavy atom. The first-order valence-corrected chi connectivity index (χ1v) is 11.0. The van der Waals surface area contributed by atoms with Crippen LogP contribution in [0.1, 0.15) is 64.8 Å². The molecule has 0 radical (unpaired) electrons. The smallest absolute Gasteiger partial charge is 0.316 e. The minimum Gasteiger partial charge on any atom is -0.408 e. The van der Waals surface area contributed by atoms with Crippen LogP contribution in [0.3, 0.4) is 0 Å². The minimum absolute atomic E-state index is 0. The molecule has 1 aromatic carbocycles. The van der Waals surface area contributed by atoms with Crippen molar-refractivity contribution in [3.05, 3.63) is 41.8 Å². The average Bonchev–Trinajstić information content (AvgIpc) is 3.27. The molecule has 6 nitrogen and oxygen atoms in total. The van der Waals surface area contributed by atoms with Crippen molar-refractivity contribution < 1.29 is 10.6 Å². The lowest BCUT2D eigenvalue weighted by molar-refractivity contribution is -0.133. The van der Waals surface area contributed by atoms with E-state index in [1.807, 2.05) is 11.8 Å². The van der Waals surface area contributed by atoms with Gasteiger partial charge >= 0.3 is 6.01 Å². The van der Waals surface area contributed by atoms with Crippen molar-refractivity contribution in [1.82, 2.24) is 15.1 Å². The molecule has 0 unspecified atom stereocenters. The van der Waals surface area contributed by atoms with E-state index in [0.717, 1.165) is 51.1 Å². The standard InChI is InChI=1S/C23H28N4O2.H2/c1-16(18(28)27-11-9-21(7-8-21)10-12-27)24-20-26-25-19(29-20)23-13-22(14-23,15-23)17-5-3-2-4-6-17;/h2-6,16H,7-15H2,1H3,(H,24,26);1H/t16-,22?,23?;/m1./s1. The summed E-state index contributed by atoms with van der Waals surface area (Å²) in [5.74, 6) is 0.861. The van der Waals surface area contributed by atoms with Gasteiger partial charge in [-0.15, -0.1) is 5.10 Å². The van der Waals surface area contributed by atoms with Crippen LogP contribution in [0, 0.1) is 5.41 Å². The van der Waals surface area contributed by atoms with Crippen molar-refractivity contribution >= 4 is 11.9 Å². The van der Waals surface area contributed by atoms with Gasteiger partial charge in [-0.25, -0.2) is 0 Å². The number of carbonyl (C=O) groups is 1. The van der Waals surface area contributed by atoms with E-state index in [1.54, 1.807) is 0 Å². The van der Waals surface area contributed by atoms with Gasteiger partial charge in [0.05, 0.1) is 5.41 Å². The lowest BCUT2D eigenvalue weighted by atomic mass is 9.33. The van der Waals surface area contributed by atoms with E-state index in [2.05, 4.69) is 45.8 Å². The summed E-state index contributed by atoms with van der Waals surface area (Å²) >= 11 is 0. The Morgan fingerprint density at radius 2 is 1.76 bits per heavy atom. The van der Waals surface area contributed by atoms with Crippen molar-refractivity contribution in [3.63, 3.8) is 0 Å². The van der Waals surface area contributed by atoms with E-state index in [0.29, 0.717) is 16.8 Å². The molecule has 2 bridgehead atoms.